The Bertz CT molecular complexity index is 256. The van der Waals surface area contributed by atoms with Gasteiger partial charge in [0.1, 0.15) is 0 Å². The fraction of sp³-hybridized carbons (Fsp3) is 0.769. The quantitative estimate of drug-likeness (QED) is 0.487. The lowest BCUT2D eigenvalue weighted by molar-refractivity contribution is -0.130. The highest BCUT2D eigenvalue weighted by atomic mass is 16.2. The van der Waals surface area contributed by atoms with Gasteiger partial charge in [-0.3, -0.25) is 10.1 Å². The molecule has 1 amide bonds. The molecule has 0 fully saturated rings. The Labute approximate surface area is 105 Å². The van der Waals surface area contributed by atoms with Crippen molar-refractivity contribution < 1.29 is 4.79 Å². The molecule has 1 N–H and O–H groups in total. The van der Waals surface area contributed by atoms with Crippen molar-refractivity contribution in [2.24, 2.45) is 5.92 Å². The van der Waals surface area contributed by atoms with E-state index in [1.54, 1.807) is 0 Å². The predicted octanol–water partition coefficient (Wildman–Crippen LogP) is 0.255. The lowest BCUT2D eigenvalue weighted by Gasteiger charge is -2.26. The first kappa shape index (κ1) is 16.0. The molecule has 0 aliphatic carbocycles. The van der Waals surface area contributed by atoms with Crippen molar-refractivity contribution in [1.29, 1.82) is 0 Å². The van der Waals surface area contributed by atoms with Crippen LogP contribution in [-0.4, -0.2) is 62.5 Å². The van der Waals surface area contributed by atoms with Gasteiger partial charge >= 0.3 is 0 Å². The van der Waals surface area contributed by atoms with E-state index in [-0.39, 0.29) is 5.91 Å². The van der Waals surface area contributed by atoms with Crippen molar-refractivity contribution in [2.75, 3.05) is 46.8 Å². The zero-order chi connectivity index (χ0) is 13.3. The maximum atomic E-state index is 11.9. The Balaban J connectivity index is 4.15. The molecule has 0 spiro atoms. The lowest BCUT2D eigenvalue weighted by atomic mass is 10.2. The first-order chi connectivity index (χ1) is 7.97. The van der Waals surface area contributed by atoms with Gasteiger partial charge in [-0.25, -0.2) is 0 Å². The molecule has 0 bridgehead atoms. The monoisotopic (exact) mass is 239 g/mol. The molecule has 0 heterocycles. The second kappa shape index (κ2) is 9.03. The second-order valence-electron chi connectivity index (χ2n) is 4.84. The molecular weight excluding hydrogens is 214 g/mol. The van der Waals surface area contributed by atoms with Gasteiger partial charge in [-0.15, -0.1) is 6.42 Å². The van der Waals surface area contributed by atoms with Crippen LogP contribution in [0.2, 0.25) is 0 Å². The van der Waals surface area contributed by atoms with Gasteiger partial charge in [-0.05, 0) is 20.0 Å². The highest BCUT2D eigenvalue weighted by Gasteiger charge is 2.14. The van der Waals surface area contributed by atoms with Gasteiger partial charge in [-0.2, -0.15) is 0 Å². The van der Waals surface area contributed by atoms with E-state index < -0.39 is 0 Å². The van der Waals surface area contributed by atoms with Gasteiger partial charge in [-0.1, -0.05) is 19.8 Å². The summed E-state index contributed by atoms with van der Waals surface area (Å²) in [4.78, 5) is 15.9. The molecule has 0 aromatic rings. The van der Waals surface area contributed by atoms with E-state index in [1.165, 1.54) is 0 Å². The average Bonchev–Trinajstić information content (AvgIpc) is 2.23. The van der Waals surface area contributed by atoms with Gasteiger partial charge < -0.3 is 9.80 Å². The smallest absolute Gasteiger partial charge is 0.236 e. The van der Waals surface area contributed by atoms with E-state index >= 15 is 0 Å². The van der Waals surface area contributed by atoms with Crippen LogP contribution in [0.4, 0.5) is 0 Å². The van der Waals surface area contributed by atoms with Crippen LogP contribution < -0.4 is 5.32 Å². The van der Waals surface area contributed by atoms with Crippen molar-refractivity contribution in [3.63, 3.8) is 0 Å². The SMILES string of the molecule is C#CCNCC(=O)N(CCN(C)C)CC(C)C. The van der Waals surface area contributed by atoms with Crippen molar-refractivity contribution in [3.05, 3.63) is 0 Å². The minimum atomic E-state index is 0.121. The largest absolute Gasteiger partial charge is 0.340 e. The van der Waals surface area contributed by atoms with E-state index in [4.69, 9.17) is 6.42 Å². The molecule has 17 heavy (non-hydrogen) atoms. The fourth-order valence-corrected chi connectivity index (χ4v) is 1.43. The maximum absolute atomic E-state index is 11.9. The summed E-state index contributed by atoms with van der Waals surface area (Å²) in [7, 11) is 4.02. The van der Waals surface area contributed by atoms with Crippen molar-refractivity contribution in [1.82, 2.24) is 15.1 Å². The lowest BCUT2D eigenvalue weighted by Crippen LogP contribution is -2.43. The third kappa shape index (κ3) is 8.73. The van der Waals surface area contributed by atoms with E-state index in [0.29, 0.717) is 19.0 Å². The first-order valence-corrected chi connectivity index (χ1v) is 6.04. The van der Waals surface area contributed by atoms with Crippen molar-refractivity contribution >= 4 is 5.91 Å². The van der Waals surface area contributed by atoms with E-state index in [9.17, 15) is 4.79 Å². The zero-order valence-electron chi connectivity index (χ0n) is 11.5. The number of likely N-dealkylation sites (N-methyl/N-ethyl adjacent to an activating group) is 1. The summed E-state index contributed by atoms with van der Waals surface area (Å²) in [6.07, 6.45) is 5.13. The van der Waals surface area contributed by atoms with Gasteiger partial charge in [0.2, 0.25) is 5.91 Å². The summed E-state index contributed by atoms with van der Waals surface area (Å²) in [5, 5.41) is 2.94. The number of rotatable bonds is 8. The molecule has 0 unspecified atom stereocenters. The zero-order valence-corrected chi connectivity index (χ0v) is 11.5. The summed E-state index contributed by atoms with van der Waals surface area (Å²) in [5.41, 5.74) is 0. The summed E-state index contributed by atoms with van der Waals surface area (Å²) < 4.78 is 0. The minimum Gasteiger partial charge on any atom is -0.340 e. The first-order valence-electron chi connectivity index (χ1n) is 6.04. The van der Waals surface area contributed by atoms with Crippen LogP contribution >= 0.6 is 0 Å². The molecule has 4 heteroatoms. The van der Waals surface area contributed by atoms with Gasteiger partial charge in [0.25, 0.3) is 0 Å². The van der Waals surface area contributed by atoms with Crippen LogP contribution in [-0.2, 0) is 4.79 Å². The molecule has 4 nitrogen and oxygen atoms in total. The number of terminal acetylenes is 1. The molecular formula is C13H25N3O. The number of hydrogen-bond donors (Lipinski definition) is 1. The van der Waals surface area contributed by atoms with E-state index in [0.717, 1.165) is 19.6 Å². The van der Waals surface area contributed by atoms with Crippen LogP contribution in [0.1, 0.15) is 13.8 Å². The van der Waals surface area contributed by atoms with Gasteiger partial charge in [0, 0.05) is 19.6 Å². The number of hydrogen-bond acceptors (Lipinski definition) is 3. The molecule has 0 aromatic heterocycles. The Morgan fingerprint density at radius 2 is 2.00 bits per heavy atom. The summed E-state index contributed by atoms with van der Waals surface area (Å²) in [5.74, 6) is 3.06. The van der Waals surface area contributed by atoms with Crippen LogP contribution in [0, 0.1) is 18.3 Å². The number of nitrogens with zero attached hydrogens (tertiary/aromatic N) is 2. The third-order valence-corrected chi connectivity index (χ3v) is 2.26. The average molecular weight is 239 g/mol. The Morgan fingerprint density at radius 1 is 1.35 bits per heavy atom. The highest BCUT2D eigenvalue weighted by Crippen LogP contribution is 1.99. The van der Waals surface area contributed by atoms with Crippen LogP contribution in [0.25, 0.3) is 0 Å². The topological polar surface area (TPSA) is 35.6 Å². The minimum absolute atomic E-state index is 0.121. The number of carbonyl (C=O) groups is 1. The van der Waals surface area contributed by atoms with E-state index in [2.05, 4.69) is 30.0 Å². The van der Waals surface area contributed by atoms with Crippen LogP contribution in [0.5, 0.6) is 0 Å². The van der Waals surface area contributed by atoms with Crippen LogP contribution in [0.3, 0.4) is 0 Å². The number of carbonyl (C=O) groups excluding carboxylic acids is 1. The van der Waals surface area contributed by atoms with Gasteiger partial charge in [0.05, 0.1) is 13.1 Å². The van der Waals surface area contributed by atoms with Gasteiger partial charge in [0.15, 0.2) is 0 Å². The predicted molar refractivity (Wildman–Crippen MR) is 71.7 cm³/mol. The Kier molecular flexibility index (Phi) is 8.47. The number of nitrogens with one attached hydrogen (secondary N) is 1. The molecule has 0 saturated carbocycles. The normalized spacial score (nSPS) is 10.6. The van der Waals surface area contributed by atoms with Crippen molar-refractivity contribution in [2.45, 2.75) is 13.8 Å². The Morgan fingerprint density at radius 3 is 2.47 bits per heavy atom. The molecule has 0 saturated heterocycles. The Hall–Kier alpha value is -1.05. The molecule has 0 radical (unpaired) electrons. The third-order valence-electron chi connectivity index (χ3n) is 2.26. The highest BCUT2D eigenvalue weighted by molar-refractivity contribution is 5.78. The molecule has 0 atom stereocenters. The van der Waals surface area contributed by atoms with Crippen LogP contribution in [0.15, 0.2) is 0 Å². The molecule has 0 aliphatic rings. The second-order valence-corrected chi connectivity index (χ2v) is 4.84. The van der Waals surface area contributed by atoms with E-state index in [1.807, 2.05) is 19.0 Å². The summed E-state index contributed by atoms with van der Waals surface area (Å²) in [6, 6.07) is 0. The molecule has 98 valence electrons. The number of amides is 1. The maximum Gasteiger partial charge on any atom is 0.236 e. The molecule has 0 aromatic carbocycles. The molecule has 0 rings (SSSR count). The summed E-state index contributed by atoms with van der Waals surface area (Å²) >= 11 is 0. The fourth-order valence-electron chi connectivity index (χ4n) is 1.43. The molecule has 0 aliphatic heterocycles. The standard InChI is InChI=1S/C13H25N3O/c1-6-7-14-10-13(17)16(11-12(2)3)9-8-15(4)5/h1,12,14H,7-11H2,2-5H3. The van der Waals surface area contributed by atoms with Crippen molar-refractivity contribution in [3.8, 4) is 12.3 Å². The summed E-state index contributed by atoms with van der Waals surface area (Å²) in [6.45, 7) is 7.44.